The number of benzene rings is 13. The Kier molecular flexibility index (Phi) is 40.5. The van der Waals surface area contributed by atoms with Crippen LogP contribution in [-0.2, 0) is 122 Å². The summed E-state index contributed by atoms with van der Waals surface area (Å²) < 4.78 is 21.4. The van der Waals surface area contributed by atoms with Crippen molar-refractivity contribution in [3.8, 4) is 0 Å². The van der Waals surface area contributed by atoms with E-state index >= 15 is 0 Å². The van der Waals surface area contributed by atoms with E-state index < -0.39 is 35.2 Å². The molecule has 21 rings (SSSR count). The Hall–Kier alpha value is -14.8. The van der Waals surface area contributed by atoms with Crippen molar-refractivity contribution < 1.29 is 57.3 Å². The Balaban J connectivity index is 0.000000138. The largest absolute Gasteiger partial charge is 0.444 e. The molecule has 7 aliphatic heterocycles. The number of hydrogen-bond acceptors (Lipinski definition) is 17. The molecule has 0 radical (unpaired) electrons. The van der Waals surface area contributed by atoms with Crippen molar-refractivity contribution >= 4 is 167 Å². The quantitative estimate of drug-likeness (QED) is 0.0205. The van der Waals surface area contributed by atoms with Gasteiger partial charge in [-0.05, 0) is 312 Å². The van der Waals surface area contributed by atoms with Gasteiger partial charge in [0.2, 0.25) is 23.0 Å². The maximum Gasteiger partial charge on any atom is 0.412 e. The summed E-state index contributed by atoms with van der Waals surface area (Å²) in [6, 6.07) is 98.7. The molecule has 7 heterocycles. The summed E-state index contributed by atoms with van der Waals surface area (Å²) in [6.07, 6.45) is 23.1. The molecule has 7 amide bonds. The molecular formula is C123H133Cl3N12O12. The van der Waals surface area contributed by atoms with Crippen LogP contribution in [0.4, 0.5) is 104 Å². The number of nitrogens with one attached hydrogen (secondary N) is 6. The first-order chi connectivity index (χ1) is 73.0. The highest BCUT2D eigenvalue weighted by Crippen LogP contribution is 2.44. The van der Waals surface area contributed by atoms with Crippen LogP contribution in [0.2, 0.25) is 0 Å². The average molecular weight is 2080 g/mol. The number of carbonyl (C=O) groups excluding carboxylic acids is 8. The van der Waals surface area contributed by atoms with Crippen molar-refractivity contribution in [3.63, 3.8) is 0 Å². The number of amides is 7. The molecule has 778 valence electrons. The van der Waals surface area contributed by atoms with Crippen LogP contribution in [0.15, 0.2) is 303 Å². The first-order valence-electron chi connectivity index (χ1n) is 52.0. The number of hydrogen-bond donors (Lipinski definition) is 7. The molecule has 0 unspecified atom stereocenters. The van der Waals surface area contributed by atoms with E-state index in [1.54, 1.807) is 11.0 Å². The van der Waals surface area contributed by atoms with Gasteiger partial charge < -0.3 is 35.3 Å². The maximum absolute atomic E-state index is 13.7. The van der Waals surface area contributed by atoms with E-state index in [4.69, 9.17) is 59.5 Å². The molecule has 0 bridgehead atoms. The normalized spacial score (nSPS) is 14.3. The lowest BCUT2D eigenvalue weighted by Gasteiger charge is -2.31. The fraction of sp³-hybridized carbons (Fsp3) is 0.301. The lowest BCUT2D eigenvalue weighted by molar-refractivity contribution is -0.120. The minimum Gasteiger partial charge on any atom is -0.444 e. The molecule has 1 aliphatic carbocycles. The summed E-state index contributed by atoms with van der Waals surface area (Å²) in [5, 5.41) is 17.7. The van der Waals surface area contributed by atoms with E-state index in [0.717, 1.165) is 223 Å². The number of para-hydroxylation sites is 5. The molecule has 3 fully saturated rings. The van der Waals surface area contributed by atoms with Gasteiger partial charge in [-0.15, -0.1) is 23.2 Å². The van der Waals surface area contributed by atoms with Crippen molar-refractivity contribution in [2.75, 3.05) is 103 Å². The van der Waals surface area contributed by atoms with Crippen LogP contribution in [0.25, 0.3) is 0 Å². The van der Waals surface area contributed by atoms with Gasteiger partial charge in [0.15, 0.2) is 0 Å². The molecule has 8 N–H and O–H groups in total. The van der Waals surface area contributed by atoms with Crippen LogP contribution in [0.5, 0.6) is 0 Å². The zero-order chi connectivity index (χ0) is 105. The van der Waals surface area contributed by atoms with Crippen LogP contribution in [-0.4, -0.2) is 114 Å². The lowest BCUT2D eigenvalue weighted by atomic mass is 10.0. The predicted molar refractivity (Wildman–Crippen MR) is 605 cm³/mol. The molecular weight excluding hydrogens is 1940 g/mol. The van der Waals surface area contributed by atoms with Crippen molar-refractivity contribution in [1.29, 1.82) is 0 Å². The number of halogens is 3. The summed E-state index contributed by atoms with van der Waals surface area (Å²) in [7, 11) is 0. The van der Waals surface area contributed by atoms with E-state index in [1.807, 2.05) is 261 Å². The highest BCUT2D eigenvalue weighted by molar-refractivity contribution is 6.67. The second-order valence-corrected chi connectivity index (χ2v) is 40.0. The standard InChI is InChI=1S/C29H31N3O3.C26H33N3O3.C24H21ClN2O3.C22H20N2O2.C14H14N2.C6H12.C2H2Cl2O/c33-28(20-31-17-7-2-8-18-31)32-26-12-6-5-11-23(26)13-14-24-15-16-25(19-27(24)32)30-29(34)35-21-22-9-3-1-4-10-22;1-26(2,3)32-25(31)27-21-14-13-20-12-11-19-9-5-6-10-22(19)29(23(20)17-21)24(30)18-28-15-7-4-8-16-28;25-15-23(28)27-21-9-5-4-8-18(21)10-11-19-12-13-20(14-22(19)27)26-24(29)30-16-17-6-2-1-3-7-17;25-22(26-15-16-6-2-1-3-7-16)23-19-13-12-18-11-10-17-8-4-5-9-20(17)24-21(18)14-19;15-12-8-7-11-6-5-10-3-1-2-4-13(10)16-14(11)9-12;1-2-4-6-5-3-1;3-1-2(4)5/h1,3-6,9-12,15-16,19H,2,7-8,13-14,17-18,20-21H2,(H,30,34);5-6,9-10,13-14,17H,4,7-8,11-12,15-16,18H2,1-3H3,(H,27,31);1-9,12-14H,10-11,15-16H2,(H,26,29);1-9,12-14,24H,10-11,15H2,(H,23,25);1-4,7-9,16H,5-6,15H2;1-6H2;1H2. The number of fused-ring (bicyclic) bond motifs is 10. The van der Waals surface area contributed by atoms with E-state index in [1.165, 1.54) is 79.3 Å². The highest BCUT2D eigenvalue weighted by Gasteiger charge is 2.33. The second kappa shape index (κ2) is 55.5. The number of likely N-dealkylation sites (tertiary alicyclic amines) is 2. The van der Waals surface area contributed by atoms with Gasteiger partial charge in [-0.1, -0.05) is 264 Å². The van der Waals surface area contributed by atoms with Gasteiger partial charge in [0.05, 0.1) is 53.1 Å². The summed E-state index contributed by atoms with van der Waals surface area (Å²) >= 11 is 15.5. The summed E-state index contributed by atoms with van der Waals surface area (Å²) in [4.78, 5) is 108. The predicted octanol–water partition coefficient (Wildman–Crippen LogP) is 28.1. The van der Waals surface area contributed by atoms with Crippen molar-refractivity contribution in [3.05, 3.63) is 376 Å². The number of nitrogens with zero attached hydrogens (tertiary/aromatic N) is 5. The third-order valence-corrected chi connectivity index (χ3v) is 27.7. The third-order valence-electron chi connectivity index (χ3n) is 26.9. The Bertz CT molecular complexity index is 6740. The summed E-state index contributed by atoms with van der Waals surface area (Å²) in [5.74, 6) is -0.314. The van der Waals surface area contributed by atoms with Gasteiger partial charge in [-0.3, -0.25) is 64.9 Å². The summed E-state index contributed by atoms with van der Waals surface area (Å²) in [6.45, 7) is 10.8. The maximum atomic E-state index is 13.7. The van der Waals surface area contributed by atoms with Gasteiger partial charge >= 0.3 is 24.4 Å². The van der Waals surface area contributed by atoms with Gasteiger partial charge in [0, 0.05) is 51.2 Å². The fourth-order valence-corrected chi connectivity index (χ4v) is 19.5. The number of alkyl halides is 2. The van der Waals surface area contributed by atoms with E-state index in [-0.39, 0.29) is 49.3 Å². The summed E-state index contributed by atoms with van der Waals surface area (Å²) in [5.41, 5.74) is 32.8. The van der Waals surface area contributed by atoms with Gasteiger partial charge in [-0.25, -0.2) is 19.2 Å². The van der Waals surface area contributed by atoms with E-state index in [9.17, 15) is 38.4 Å². The van der Waals surface area contributed by atoms with Crippen LogP contribution in [0.1, 0.15) is 170 Å². The van der Waals surface area contributed by atoms with Crippen molar-refractivity contribution in [2.24, 2.45) is 0 Å². The monoisotopic (exact) mass is 2070 g/mol. The number of nitrogen functional groups attached to an aromatic ring is 1. The van der Waals surface area contributed by atoms with Gasteiger partial charge in [0.25, 0.3) is 0 Å². The Morgan fingerprint density at radius 2 is 0.560 bits per heavy atom. The Morgan fingerprint density at radius 1 is 0.293 bits per heavy atom. The van der Waals surface area contributed by atoms with Crippen LogP contribution in [0, 0.1) is 0 Å². The fourth-order valence-electron chi connectivity index (χ4n) is 19.4. The number of nitrogens with two attached hydrogens (primary N) is 1. The SMILES string of the molecule is C1CCCCC1.CC(C)(C)OC(=O)Nc1ccc2c(c1)N(C(=O)CN1CCCCC1)c1ccccc1CC2.Nc1ccc2c(c1)Nc1ccccc1CC2.O=C(Cl)CCl.O=C(Nc1ccc2c(c1)N(C(=O)CCl)c1ccccc1CC2)OCc1ccccc1.O=C(Nc1ccc2c(c1)N(C(=O)CN1CCCCC1)c1ccccc1CC2)OCc1ccccc1.O=C(Nc1ccc2c(c1)Nc1ccccc1CC2)OCc1ccccc1. The van der Waals surface area contributed by atoms with E-state index in [2.05, 4.69) is 108 Å². The van der Waals surface area contributed by atoms with Crippen LogP contribution >= 0.6 is 34.8 Å². The zero-order valence-electron chi connectivity index (χ0n) is 85.5. The molecule has 2 saturated heterocycles. The number of ether oxygens (including phenoxy) is 4. The molecule has 150 heavy (non-hydrogen) atoms. The zero-order valence-corrected chi connectivity index (χ0v) is 87.8. The Labute approximate surface area is 895 Å². The topological polar surface area (TPSA) is 288 Å². The molecule has 8 aliphatic rings. The first kappa shape index (κ1) is 109. The molecule has 0 spiro atoms. The third kappa shape index (κ3) is 32.4. The van der Waals surface area contributed by atoms with Crippen molar-refractivity contribution in [2.45, 2.75) is 187 Å². The smallest absolute Gasteiger partial charge is 0.412 e. The number of rotatable bonds is 16. The molecule has 24 nitrogen and oxygen atoms in total. The molecule has 13 aromatic carbocycles. The molecule has 27 heteroatoms. The number of anilines is 15. The number of aryl methyl sites for hydroxylation is 10. The lowest BCUT2D eigenvalue weighted by Crippen LogP contribution is -2.40. The molecule has 1 saturated carbocycles. The molecule has 0 aromatic heterocycles. The number of carbonyl (C=O) groups is 8. The molecule has 0 atom stereocenters. The minimum absolute atomic E-state index is 0.0614. The highest BCUT2D eigenvalue weighted by atomic mass is 35.5. The van der Waals surface area contributed by atoms with Crippen LogP contribution in [0.3, 0.4) is 0 Å². The minimum atomic E-state index is -0.578. The number of piperidine rings is 2. The first-order valence-corrected chi connectivity index (χ1v) is 53.5. The van der Waals surface area contributed by atoms with Crippen LogP contribution < -0.4 is 52.3 Å². The van der Waals surface area contributed by atoms with E-state index in [0.29, 0.717) is 35.8 Å². The average Bonchev–Trinajstić information content (AvgIpc) is 1.59. The van der Waals surface area contributed by atoms with Crippen molar-refractivity contribution in [1.82, 2.24) is 9.80 Å². The molecule has 13 aromatic rings. The van der Waals surface area contributed by atoms with Gasteiger partial charge in [0.1, 0.15) is 31.3 Å². The second-order valence-electron chi connectivity index (χ2n) is 39.1. The van der Waals surface area contributed by atoms with Gasteiger partial charge in [-0.2, -0.15) is 0 Å². The Morgan fingerprint density at radius 3 is 0.900 bits per heavy atom.